The number of nitriles is 1. The van der Waals surface area contributed by atoms with Gasteiger partial charge in [-0.2, -0.15) is 18.0 Å². The molecule has 2 aliphatic heterocycles. The SMILES string of the molecule is COc1cc(N2CCN(C(=O)OC(C)(C)C)CC2)ccc1-n1cnc2ccc(Oc3c(F)ccc(NS(=O)(=O)N4CC[C@@H](F)C4)c3C#N)cc2c1=O. The summed E-state index contributed by atoms with van der Waals surface area (Å²) in [6.07, 6.45) is -0.278. The summed E-state index contributed by atoms with van der Waals surface area (Å²) in [6, 6.07) is 13.4. The van der Waals surface area contributed by atoms with Crippen LogP contribution in [0.15, 0.2) is 59.7 Å². The summed E-state index contributed by atoms with van der Waals surface area (Å²) in [4.78, 5) is 34.5. The van der Waals surface area contributed by atoms with Crippen molar-refractivity contribution in [2.45, 2.75) is 39.0 Å². The number of ether oxygens (including phenoxy) is 3. The van der Waals surface area contributed by atoms with Crippen molar-refractivity contribution in [2.75, 3.05) is 56.0 Å². The Morgan fingerprint density at radius 3 is 2.46 bits per heavy atom. The Morgan fingerprint density at radius 2 is 1.81 bits per heavy atom. The second-order valence-corrected chi connectivity index (χ2v) is 14.9. The predicted molar refractivity (Wildman–Crippen MR) is 189 cm³/mol. The third-order valence-electron chi connectivity index (χ3n) is 8.56. The summed E-state index contributed by atoms with van der Waals surface area (Å²) in [5.74, 6) is -1.16. The van der Waals surface area contributed by atoms with Crippen LogP contribution in [0.5, 0.6) is 17.2 Å². The van der Waals surface area contributed by atoms with Gasteiger partial charge in [0.15, 0.2) is 11.6 Å². The van der Waals surface area contributed by atoms with E-state index in [0.717, 1.165) is 22.1 Å². The molecule has 17 heteroatoms. The predicted octanol–water partition coefficient (Wildman–Crippen LogP) is 4.95. The molecule has 0 saturated carbocycles. The number of aromatic nitrogens is 2. The van der Waals surface area contributed by atoms with Crippen LogP contribution in [-0.2, 0) is 14.9 Å². The summed E-state index contributed by atoms with van der Waals surface area (Å²) in [6.45, 7) is 7.14. The van der Waals surface area contributed by atoms with Gasteiger partial charge in [-0.15, -0.1) is 0 Å². The molecule has 1 N–H and O–H groups in total. The maximum absolute atomic E-state index is 15.1. The number of anilines is 2. The van der Waals surface area contributed by atoms with Gasteiger partial charge in [0.1, 0.15) is 41.2 Å². The van der Waals surface area contributed by atoms with Crippen LogP contribution >= 0.6 is 0 Å². The molecule has 4 aromatic rings. The van der Waals surface area contributed by atoms with Crippen LogP contribution in [0.25, 0.3) is 16.6 Å². The van der Waals surface area contributed by atoms with E-state index in [2.05, 4.69) is 14.6 Å². The van der Waals surface area contributed by atoms with Crippen LogP contribution < -0.4 is 24.7 Å². The van der Waals surface area contributed by atoms with Crippen molar-refractivity contribution < 1.29 is 36.2 Å². The number of carbonyl (C=O) groups is 1. The summed E-state index contributed by atoms with van der Waals surface area (Å²) in [5, 5.41) is 10.0. The van der Waals surface area contributed by atoms with Crippen molar-refractivity contribution in [1.82, 2.24) is 18.8 Å². The maximum Gasteiger partial charge on any atom is 0.410 e. The van der Waals surface area contributed by atoms with Crippen molar-refractivity contribution in [2.24, 2.45) is 0 Å². The number of carbonyl (C=O) groups excluding carboxylic acids is 1. The molecule has 0 radical (unpaired) electrons. The van der Waals surface area contributed by atoms with E-state index < -0.39 is 44.7 Å². The molecule has 2 fully saturated rings. The zero-order valence-electron chi connectivity index (χ0n) is 28.9. The topological polar surface area (TPSA) is 159 Å². The van der Waals surface area contributed by atoms with Crippen molar-refractivity contribution >= 4 is 38.6 Å². The van der Waals surface area contributed by atoms with Crippen molar-refractivity contribution in [3.63, 3.8) is 0 Å². The molecule has 1 atom stereocenters. The Bertz CT molecular complexity index is 2230. The largest absolute Gasteiger partial charge is 0.494 e. The van der Waals surface area contributed by atoms with E-state index in [1.807, 2.05) is 26.8 Å². The molecule has 0 spiro atoms. The highest BCUT2D eigenvalue weighted by Gasteiger charge is 2.32. The van der Waals surface area contributed by atoms with E-state index >= 15 is 4.39 Å². The van der Waals surface area contributed by atoms with E-state index in [9.17, 15) is 27.7 Å². The van der Waals surface area contributed by atoms with Crippen molar-refractivity contribution in [1.29, 1.82) is 5.26 Å². The van der Waals surface area contributed by atoms with E-state index in [4.69, 9.17) is 14.2 Å². The average Bonchev–Trinajstić information content (AvgIpc) is 3.56. The second-order valence-electron chi connectivity index (χ2n) is 13.3. The van der Waals surface area contributed by atoms with E-state index in [1.54, 1.807) is 23.1 Å². The van der Waals surface area contributed by atoms with Crippen LogP contribution in [-0.4, -0.2) is 91.4 Å². The fraction of sp³-hybridized carbons (Fsp3) is 0.371. The fourth-order valence-electron chi connectivity index (χ4n) is 5.95. The normalized spacial score (nSPS) is 16.8. The molecule has 14 nitrogen and oxygen atoms in total. The van der Waals surface area contributed by atoms with Gasteiger partial charge in [-0.25, -0.2) is 18.6 Å². The highest BCUT2D eigenvalue weighted by atomic mass is 32.2. The lowest BCUT2D eigenvalue weighted by Crippen LogP contribution is -2.50. The van der Waals surface area contributed by atoms with Crippen LogP contribution in [0.2, 0.25) is 0 Å². The summed E-state index contributed by atoms with van der Waals surface area (Å²) in [5.41, 5.74) is -0.245. The molecule has 3 heterocycles. The quantitative estimate of drug-likeness (QED) is 0.262. The number of nitrogens with zero attached hydrogens (tertiary/aromatic N) is 6. The van der Waals surface area contributed by atoms with E-state index in [0.29, 0.717) is 43.1 Å². The number of hydrogen-bond donors (Lipinski definition) is 1. The van der Waals surface area contributed by atoms with Gasteiger partial charge in [-0.1, -0.05) is 0 Å². The molecule has 1 aromatic heterocycles. The molecule has 0 bridgehead atoms. The van der Waals surface area contributed by atoms with Gasteiger partial charge in [0.05, 0.1) is 29.4 Å². The first kappa shape index (κ1) is 36.3. The van der Waals surface area contributed by atoms with Crippen LogP contribution in [0, 0.1) is 17.1 Å². The number of halogens is 2. The molecule has 6 rings (SSSR count). The van der Waals surface area contributed by atoms with Gasteiger partial charge < -0.3 is 24.0 Å². The Kier molecular flexibility index (Phi) is 9.97. The first-order valence-electron chi connectivity index (χ1n) is 16.4. The molecule has 2 aliphatic rings. The lowest BCUT2D eigenvalue weighted by atomic mass is 10.1. The number of piperazine rings is 1. The smallest absolute Gasteiger partial charge is 0.410 e. The molecule has 3 aromatic carbocycles. The number of benzene rings is 3. The summed E-state index contributed by atoms with van der Waals surface area (Å²) >= 11 is 0. The minimum atomic E-state index is -4.24. The number of nitrogens with one attached hydrogen (secondary N) is 1. The van der Waals surface area contributed by atoms with Crippen molar-refractivity contribution in [3.05, 3.63) is 76.6 Å². The molecular formula is C35H37F2N7O7S. The number of fused-ring (bicyclic) bond motifs is 1. The van der Waals surface area contributed by atoms with Gasteiger partial charge in [0, 0.05) is 51.0 Å². The van der Waals surface area contributed by atoms with Gasteiger partial charge in [-0.3, -0.25) is 14.1 Å². The first-order chi connectivity index (χ1) is 24.7. The Hall–Kier alpha value is -5.47. The zero-order chi connectivity index (χ0) is 37.4. The number of rotatable bonds is 8. The molecular weight excluding hydrogens is 700 g/mol. The van der Waals surface area contributed by atoms with Crippen LogP contribution in [0.1, 0.15) is 32.8 Å². The highest BCUT2D eigenvalue weighted by molar-refractivity contribution is 7.90. The molecule has 52 heavy (non-hydrogen) atoms. The lowest BCUT2D eigenvalue weighted by Gasteiger charge is -2.37. The van der Waals surface area contributed by atoms with Gasteiger partial charge in [-0.05, 0) is 69.7 Å². The van der Waals surface area contributed by atoms with Crippen molar-refractivity contribution in [3.8, 4) is 29.0 Å². The number of alkyl halides is 1. The van der Waals surface area contributed by atoms with Crippen LogP contribution in [0.3, 0.4) is 0 Å². The average molecular weight is 738 g/mol. The number of hydrogen-bond acceptors (Lipinski definition) is 10. The van der Waals surface area contributed by atoms with Gasteiger partial charge in [0.25, 0.3) is 5.56 Å². The lowest BCUT2D eigenvalue weighted by molar-refractivity contribution is 0.0240. The monoisotopic (exact) mass is 737 g/mol. The zero-order valence-corrected chi connectivity index (χ0v) is 29.7. The standard InChI is InChI=1S/C35H37F2N7O7S/c1-35(2,3)51-34(46)42-15-13-41(14-16-42)23-5-10-30(31(17-23)49-4)44-21-39-28-8-6-24(18-25(28)33(44)45)50-32-26(19-38)29(9-7-27(32)37)40-52(47,48)43-12-11-22(36)20-43/h5-10,17-18,21-22,40H,11-16,20H2,1-4H3/t22-/m1/s1. The van der Waals surface area contributed by atoms with Crippen LogP contribution in [0.4, 0.5) is 25.0 Å². The van der Waals surface area contributed by atoms with E-state index in [-0.39, 0.29) is 42.4 Å². The second kappa shape index (κ2) is 14.3. The first-order valence-corrected chi connectivity index (χ1v) is 17.9. The molecule has 2 saturated heterocycles. The number of amides is 1. The fourth-order valence-corrected chi connectivity index (χ4v) is 7.23. The molecule has 0 unspecified atom stereocenters. The number of methoxy groups -OCH3 is 1. The third-order valence-corrected chi connectivity index (χ3v) is 10.1. The molecule has 0 aliphatic carbocycles. The minimum absolute atomic E-state index is 0.0211. The third kappa shape index (κ3) is 7.58. The van der Waals surface area contributed by atoms with Gasteiger partial charge in [0.2, 0.25) is 0 Å². The minimum Gasteiger partial charge on any atom is -0.494 e. The Labute approximate surface area is 298 Å². The molecule has 1 amide bonds. The molecule has 274 valence electrons. The van der Waals surface area contributed by atoms with Gasteiger partial charge >= 0.3 is 16.3 Å². The Morgan fingerprint density at radius 1 is 1.06 bits per heavy atom. The highest BCUT2D eigenvalue weighted by Crippen LogP contribution is 2.35. The summed E-state index contributed by atoms with van der Waals surface area (Å²) < 4.78 is 75.9. The van der Waals surface area contributed by atoms with E-state index in [1.165, 1.54) is 36.2 Å². The summed E-state index contributed by atoms with van der Waals surface area (Å²) in [7, 11) is -2.76. The maximum atomic E-state index is 15.1. The Balaban J connectivity index is 1.25.